The second-order valence-corrected chi connectivity index (χ2v) is 3.06. The van der Waals surface area contributed by atoms with Crippen molar-refractivity contribution in [3.63, 3.8) is 0 Å². The highest BCUT2D eigenvalue weighted by Gasteiger charge is 2.05. The van der Waals surface area contributed by atoms with Crippen LogP contribution in [0.25, 0.3) is 0 Å². The number of nitrogens with one attached hydrogen (secondary N) is 2. The normalized spacial score (nSPS) is 9.77. The third-order valence-corrected chi connectivity index (χ3v) is 2.02. The van der Waals surface area contributed by atoms with Gasteiger partial charge in [-0.05, 0) is 18.2 Å². The molecule has 0 saturated heterocycles. The molecule has 0 saturated carbocycles. The maximum Gasteiger partial charge on any atom is 0.0543 e. The number of hydrogen-bond donors (Lipinski definition) is 3. The van der Waals surface area contributed by atoms with Gasteiger partial charge in [-0.25, -0.2) is 0 Å². The minimum Gasteiger partial charge on any atom is -0.388 e. The van der Waals surface area contributed by atoms with E-state index < -0.39 is 0 Å². The van der Waals surface area contributed by atoms with Crippen LogP contribution in [0.15, 0.2) is 18.2 Å². The zero-order valence-electron chi connectivity index (χ0n) is 7.39. The predicted molar refractivity (Wildman–Crippen MR) is 56.9 cm³/mol. The van der Waals surface area contributed by atoms with Gasteiger partial charge >= 0.3 is 0 Å². The fourth-order valence-electron chi connectivity index (χ4n) is 1.09. The number of anilines is 1. The monoisotopic (exact) mass is 197 g/mol. The Morgan fingerprint density at radius 1 is 1.62 bits per heavy atom. The molecule has 0 fully saturated rings. The fraction of sp³-hybridized carbons (Fsp3) is 0.222. The van der Waals surface area contributed by atoms with E-state index in [1.807, 2.05) is 6.07 Å². The second kappa shape index (κ2) is 4.25. The van der Waals surface area contributed by atoms with Crippen molar-refractivity contribution in [3.8, 4) is 0 Å². The maximum absolute atomic E-state index is 7.60. The standard InChI is InChI=1S/C9H12ClN3/c1-13-9-3-2-6(10)4-7(9)8(12)5-11/h2-4,12-13H,5,11H2,1H3. The van der Waals surface area contributed by atoms with Gasteiger partial charge in [0.05, 0.1) is 5.71 Å². The van der Waals surface area contributed by atoms with Gasteiger partial charge in [-0.3, -0.25) is 0 Å². The smallest absolute Gasteiger partial charge is 0.0543 e. The molecule has 0 spiro atoms. The van der Waals surface area contributed by atoms with Gasteiger partial charge in [-0.2, -0.15) is 0 Å². The third-order valence-electron chi connectivity index (χ3n) is 1.78. The lowest BCUT2D eigenvalue weighted by Crippen LogP contribution is -2.15. The van der Waals surface area contributed by atoms with Gasteiger partial charge in [0.25, 0.3) is 0 Å². The van der Waals surface area contributed by atoms with Gasteiger partial charge in [0.15, 0.2) is 0 Å². The Balaban J connectivity index is 3.15. The molecular weight excluding hydrogens is 186 g/mol. The van der Waals surface area contributed by atoms with Gasteiger partial charge < -0.3 is 16.5 Å². The topological polar surface area (TPSA) is 61.9 Å². The van der Waals surface area contributed by atoms with Crippen molar-refractivity contribution in [2.45, 2.75) is 0 Å². The highest BCUT2D eigenvalue weighted by Crippen LogP contribution is 2.20. The molecule has 4 N–H and O–H groups in total. The largest absolute Gasteiger partial charge is 0.388 e. The molecule has 0 aliphatic heterocycles. The summed E-state index contributed by atoms with van der Waals surface area (Å²) in [5.41, 5.74) is 7.40. The average molecular weight is 198 g/mol. The Morgan fingerprint density at radius 3 is 2.85 bits per heavy atom. The van der Waals surface area contributed by atoms with E-state index in [4.69, 9.17) is 22.7 Å². The van der Waals surface area contributed by atoms with Crippen molar-refractivity contribution in [2.75, 3.05) is 18.9 Å². The van der Waals surface area contributed by atoms with Crippen molar-refractivity contribution < 1.29 is 0 Å². The first-order valence-electron chi connectivity index (χ1n) is 3.94. The molecule has 70 valence electrons. The summed E-state index contributed by atoms with van der Waals surface area (Å²) in [6.45, 7) is 0.217. The minimum atomic E-state index is 0.217. The van der Waals surface area contributed by atoms with Gasteiger partial charge in [0, 0.05) is 29.9 Å². The van der Waals surface area contributed by atoms with Crippen LogP contribution in [0, 0.1) is 5.41 Å². The minimum absolute atomic E-state index is 0.217. The zero-order chi connectivity index (χ0) is 9.84. The van der Waals surface area contributed by atoms with Crippen molar-refractivity contribution in [1.29, 1.82) is 5.41 Å². The van der Waals surface area contributed by atoms with E-state index in [-0.39, 0.29) is 6.54 Å². The Morgan fingerprint density at radius 2 is 2.31 bits per heavy atom. The Bertz CT molecular complexity index is 323. The van der Waals surface area contributed by atoms with E-state index in [0.29, 0.717) is 10.7 Å². The lowest BCUT2D eigenvalue weighted by atomic mass is 10.1. The van der Waals surface area contributed by atoms with Gasteiger partial charge in [0.1, 0.15) is 0 Å². The predicted octanol–water partition coefficient (Wildman–Crippen LogP) is 1.71. The maximum atomic E-state index is 7.60. The molecule has 13 heavy (non-hydrogen) atoms. The molecule has 1 aromatic rings. The van der Waals surface area contributed by atoms with Crippen LogP contribution in [0.1, 0.15) is 5.56 Å². The van der Waals surface area contributed by atoms with Crippen LogP contribution in [0.3, 0.4) is 0 Å². The molecule has 1 rings (SSSR count). The zero-order valence-corrected chi connectivity index (χ0v) is 8.15. The molecule has 0 radical (unpaired) electrons. The van der Waals surface area contributed by atoms with E-state index in [1.165, 1.54) is 0 Å². The average Bonchev–Trinajstić information content (AvgIpc) is 2.16. The van der Waals surface area contributed by atoms with Gasteiger partial charge in [-0.1, -0.05) is 11.6 Å². The van der Waals surface area contributed by atoms with Crippen LogP contribution in [-0.2, 0) is 0 Å². The molecule has 0 bridgehead atoms. The fourth-order valence-corrected chi connectivity index (χ4v) is 1.27. The van der Waals surface area contributed by atoms with Crippen LogP contribution in [0.4, 0.5) is 5.69 Å². The molecule has 0 aliphatic rings. The molecule has 4 heteroatoms. The summed E-state index contributed by atoms with van der Waals surface area (Å²) in [5, 5.41) is 11.2. The Hall–Kier alpha value is -1.06. The third kappa shape index (κ3) is 2.20. The van der Waals surface area contributed by atoms with Crippen LogP contribution >= 0.6 is 11.6 Å². The number of nitrogens with two attached hydrogens (primary N) is 1. The first-order valence-corrected chi connectivity index (χ1v) is 4.32. The van der Waals surface area contributed by atoms with Crippen molar-refractivity contribution >= 4 is 23.0 Å². The first kappa shape index (κ1) is 10.0. The summed E-state index contributed by atoms with van der Waals surface area (Å²) < 4.78 is 0. The van der Waals surface area contributed by atoms with Gasteiger partial charge in [-0.15, -0.1) is 0 Å². The van der Waals surface area contributed by atoms with Crippen molar-refractivity contribution in [1.82, 2.24) is 0 Å². The lowest BCUT2D eigenvalue weighted by Gasteiger charge is -2.09. The van der Waals surface area contributed by atoms with E-state index in [0.717, 1.165) is 11.3 Å². The summed E-state index contributed by atoms with van der Waals surface area (Å²) in [6, 6.07) is 5.35. The lowest BCUT2D eigenvalue weighted by molar-refractivity contribution is 1.26. The quantitative estimate of drug-likeness (QED) is 0.646. The Kier molecular flexibility index (Phi) is 3.28. The molecule has 1 aromatic carbocycles. The molecule has 3 nitrogen and oxygen atoms in total. The highest BCUT2D eigenvalue weighted by molar-refractivity contribution is 6.31. The molecule has 0 aliphatic carbocycles. The number of halogens is 1. The number of rotatable bonds is 3. The van der Waals surface area contributed by atoms with E-state index in [9.17, 15) is 0 Å². The van der Waals surface area contributed by atoms with Crippen LogP contribution in [-0.4, -0.2) is 19.3 Å². The summed E-state index contributed by atoms with van der Waals surface area (Å²) in [7, 11) is 1.80. The number of benzene rings is 1. The van der Waals surface area contributed by atoms with E-state index >= 15 is 0 Å². The van der Waals surface area contributed by atoms with Crippen molar-refractivity contribution in [2.24, 2.45) is 5.73 Å². The van der Waals surface area contributed by atoms with Crippen molar-refractivity contribution in [3.05, 3.63) is 28.8 Å². The summed E-state index contributed by atoms with van der Waals surface area (Å²) in [4.78, 5) is 0. The first-order chi connectivity index (χ1) is 6.19. The van der Waals surface area contributed by atoms with Crippen LogP contribution in [0.2, 0.25) is 5.02 Å². The molecular formula is C9H12ClN3. The SMILES string of the molecule is CNc1ccc(Cl)cc1C(=N)CN. The summed E-state index contributed by atoms with van der Waals surface area (Å²) in [6.07, 6.45) is 0. The summed E-state index contributed by atoms with van der Waals surface area (Å²) in [5.74, 6) is 0. The molecule has 0 atom stereocenters. The highest BCUT2D eigenvalue weighted by atomic mass is 35.5. The number of hydrogen-bond acceptors (Lipinski definition) is 3. The molecule has 0 unspecified atom stereocenters. The van der Waals surface area contributed by atoms with Crippen LogP contribution < -0.4 is 11.1 Å². The van der Waals surface area contributed by atoms with E-state index in [2.05, 4.69) is 5.32 Å². The molecule has 0 amide bonds. The molecule has 0 aromatic heterocycles. The second-order valence-electron chi connectivity index (χ2n) is 2.62. The van der Waals surface area contributed by atoms with E-state index in [1.54, 1.807) is 19.2 Å². The summed E-state index contributed by atoms with van der Waals surface area (Å²) >= 11 is 5.81. The van der Waals surface area contributed by atoms with Gasteiger partial charge in [0.2, 0.25) is 0 Å². The van der Waals surface area contributed by atoms with Crippen LogP contribution in [0.5, 0.6) is 0 Å². The Labute approximate surface area is 82.4 Å². The molecule has 0 heterocycles.